The molecule has 0 aliphatic heterocycles. The van der Waals surface area contributed by atoms with E-state index in [9.17, 15) is 0 Å². The van der Waals surface area contributed by atoms with Gasteiger partial charge in [-0.25, -0.2) is 0 Å². The van der Waals surface area contributed by atoms with Gasteiger partial charge in [0.05, 0.1) is 0 Å². The predicted octanol–water partition coefficient (Wildman–Crippen LogP) is 2.13. The van der Waals surface area contributed by atoms with Crippen LogP contribution in [0.5, 0.6) is 0 Å². The number of nitrogens with zero attached hydrogens (tertiary/aromatic N) is 1. The molecule has 1 N–H and O–H groups in total. The first kappa shape index (κ1) is 12.7. The highest BCUT2D eigenvalue weighted by molar-refractivity contribution is 5.85. The van der Waals surface area contributed by atoms with Crippen molar-refractivity contribution < 1.29 is 0 Å². The lowest BCUT2D eigenvalue weighted by molar-refractivity contribution is 0.585. The molecule has 1 aliphatic rings. The zero-order valence-electron chi connectivity index (χ0n) is 7.49. The molecular weight excluding hydrogens is 207 g/mol. The van der Waals surface area contributed by atoms with E-state index in [0.29, 0.717) is 5.54 Å². The van der Waals surface area contributed by atoms with Crippen molar-refractivity contribution in [2.45, 2.75) is 18.4 Å². The van der Waals surface area contributed by atoms with Crippen molar-refractivity contribution in [3.05, 3.63) is 30.1 Å². The Morgan fingerprint density at radius 2 is 1.77 bits per heavy atom. The van der Waals surface area contributed by atoms with Crippen molar-refractivity contribution in [2.75, 3.05) is 7.05 Å². The summed E-state index contributed by atoms with van der Waals surface area (Å²) in [4.78, 5) is 3.99. The normalized spacial score (nSPS) is 16.7. The summed E-state index contributed by atoms with van der Waals surface area (Å²) in [5, 5.41) is 3.34. The van der Waals surface area contributed by atoms with Crippen molar-refractivity contribution >= 4 is 24.8 Å². The summed E-state index contributed by atoms with van der Waals surface area (Å²) in [6.45, 7) is 0. The van der Waals surface area contributed by atoms with Gasteiger partial charge in [0.15, 0.2) is 0 Å². The van der Waals surface area contributed by atoms with Gasteiger partial charge >= 0.3 is 0 Å². The SMILES string of the molecule is CNC1(c2ccncc2)CC1.Cl.Cl. The number of hydrogen-bond acceptors (Lipinski definition) is 2. The van der Waals surface area contributed by atoms with Crippen molar-refractivity contribution in [1.29, 1.82) is 0 Å². The Bertz CT molecular complexity index is 247. The van der Waals surface area contributed by atoms with Gasteiger partial charge in [-0.2, -0.15) is 0 Å². The quantitative estimate of drug-likeness (QED) is 0.827. The second-order valence-corrected chi connectivity index (χ2v) is 3.07. The molecule has 0 spiro atoms. The van der Waals surface area contributed by atoms with Gasteiger partial charge in [0, 0.05) is 17.9 Å². The van der Waals surface area contributed by atoms with Crippen LogP contribution in [0.3, 0.4) is 0 Å². The zero-order valence-corrected chi connectivity index (χ0v) is 9.12. The van der Waals surface area contributed by atoms with E-state index in [1.807, 2.05) is 19.4 Å². The summed E-state index contributed by atoms with van der Waals surface area (Å²) in [7, 11) is 2.02. The second kappa shape index (κ2) is 4.80. The number of rotatable bonds is 2. The van der Waals surface area contributed by atoms with Gasteiger partial charge in [-0.3, -0.25) is 4.98 Å². The van der Waals surface area contributed by atoms with Crippen LogP contribution >= 0.6 is 24.8 Å². The van der Waals surface area contributed by atoms with E-state index < -0.39 is 0 Å². The van der Waals surface area contributed by atoms with Crippen molar-refractivity contribution in [3.8, 4) is 0 Å². The summed E-state index contributed by atoms with van der Waals surface area (Å²) in [5.41, 5.74) is 1.66. The Morgan fingerprint density at radius 1 is 1.23 bits per heavy atom. The van der Waals surface area contributed by atoms with E-state index in [4.69, 9.17) is 0 Å². The van der Waals surface area contributed by atoms with Crippen LogP contribution in [0.1, 0.15) is 18.4 Å². The third-order valence-electron chi connectivity index (χ3n) is 2.46. The first-order chi connectivity index (χ1) is 5.37. The van der Waals surface area contributed by atoms with Crippen LogP contribution in [-0.4, -0.2) is 12.0 Å². The molecule has 0 bridgehead atoms. The molecule has 74 valence electrons. The molecule has 1 aliphatic carbocycles. The molecule has 2 nitrogen and oxygen atoms in total. The van der Waals surface area contributed by atoms with Crippen LogP contribution in [-0.2, 0) is 5.54 Å². The molecule has 0 radical (unpaired) electrons. The largest absolute Gasteiger partial charge is 0.310 e. The molecule has 0 amide bonds. The van der Waals surface area contributed by atoms with Gasteiger partial charge in [0.1, 0.15) is 0 Å². The van der Waals surface area contributed by atoms with Gasteiger partial charge in [0.2, 0.25) is 0 Å². The monoisotopic (exact) mass is 220 g/mol. The highest BCUT2D eigenvalue weighted by Gasteiger charge is 2.42. The predicted molar refractivity (Wildman–Crippen MR) is 58.7 cm³/mol. The maximum absolute atomic E-state index is 3.99. The molecule has 2 rings (SSSR count). The molecule has 4 heteroatoms. The van der Waals surface area contributed by atoms with E-state index in [2.05, 4.69) is 22.4 Å². The fourth-order valence-electron chi connectivity index (χ4n) is 1.48. The van der Waals surface area contributed by atoms with Gasteiger partial charge < -0.3 is 5.32 Å². The van der Waals surface area contributed by atoms with Gasteiger partial charge in [0.25, 0.3) is 0 Å². The summed E-state index contributed by atoms with van der Waals surface area (Å²) in [5.74, 6) is 0. The first-order valence-electron chi connectivity index (χ1n) is 3.97. The Labute approximate surface area is 91.0 Å². The highest BCUT2D eigenvalue weighted by atomic mass is 35.5. The smallest absolute Gasteiger partial charge is 0.0434 e. The lowest BCUT2D eigenvalue weighted by atomic mass is 10.1. The van der Waals surface area contributed by atoms with Crippen LogP contribution in [0.2, 0.25) is 0 Å². The molecule has 1 fully saturated rings. The molecule has 0 unspecified atom stereocenters. The maximum atomic E-state index is 3.99. The zero-order chi connectivity index (χ0) is 7.73. The van der Waals surface area contributed by atoms with E-state index in [1.165, 1.54) is 18.4 Å². The van der Waals surface area contributed by atoms with Gasteiger partial charge in [-0.05, 0) is 37.6 Å². The lowest BCUT2D eigenvalue weighted by Crippen LogP contribution is -2.24. The standard InChI is InChI=1S/C9H12N2.2ClH/c1-10-9(4-5-9)8-2-6-11-7-3-8;;/h2-3,6-7,10H,4-5H2,1H3;2*1H. The molecule has 1 aromatic rings. The van der Waals surface area contributed by atoms with Crippen molar-refractivity contribution in [3.63, 3.8) is 0 Å². The summed E-state index contributed by atoms with van der Waals surface area (Å²) < 4.78 is 0. The lowest BCUT2D eigenvalue weighted by Gasteiger charge is -2.13. The van der Waals surface area contributed by atoms with E-state index in [-0.39, 0.29) is 24.8 Å². The Morgan fingerprint density at radius 3 is 2.15 bits per heavy atom. The van der Waals surface area contributed by atoms with Crippen molar-refractivity contribution in [2.24, 2.45) is 0 Å². The molecule has 0 saturated heterocycles. The molecule has 1 aromatic heterocycles. The second-order valence-electron chi connectivity index (χ2n) is 3.07. The minimum atomic E-state index is 0. The third-order valence-corrected chi connectivity index (χ3v) is 2.46. The fraction of sp³-hybridized carbons (Fsp3) is 0.444. The van der Waals surface area contributed by atoms with Crippen LogP contribution in [0.15, 0.2) is 24.5 Å². The van der Waals surface area contributed by atoms with E-state index >= 15 is 0 Å². The first-order valence-corrected chi connectivity index (χ1v) is 3.97. The molecular formula is C9H14Cl2N2. The molecule has 1 saturated carbocycles. The number of nitrogens with one attached hydrogen (secondary N) is 1. The fourth-order valence-corrected chi connectivity index (χ4v) is 1.48. The van der Waals surface area contributed by atoms with Crippen LogP contribution in [0.4, 0.5) is 0 Å². The Kier molecular flexibility index (Phi) is 4.68. The summed E-state index contributed by atoms with van der Waals surface area (Å²) >= 11 is 0. The summed E-state index contributed by atoms with van der Waals surface area (Å²) in [6, 6.07) is 4.17. The third kappa shape index (κ3) is 2.33. The number of pyridine rings is 1. The van der Waals surface area contributed by atoms with Gasteiger partial charge in [-0.15, -0.1) is 24.8 Å². The van der Waals surface area contributed by atoms with Gasteiger partial charge in [-0.1, -0.05) is 0 Å². The molecule has 0 atom stereocenters. The highest BCUT2D eigenvalue weighted by Crippen LogP contribution is 2.44. The average molecular weight is 221 g/mol. The summed E-state index contributed by atoms with van der Waals surface area (Å²) in [6.07, 6.45) is 6.22. The van der Waals surface area contributed by atoms with Crippen LogP contribution in [0, 0.1) is 0 Å². The van der Waals surface area contributed by atoms with E-state index in [0.717, 1.165) is 0 Å². The Balaban J connectivity index is 0.000000720. The minimum absolute atomic E-state index is 0. The number of aromatic nitrogens is 1. The number of hydrogen-bond donors (Lipinski definition) is 1. The Hall–Kier alpha value is -0.310. The minimum Gasteiger partial charge on any atom is -0.310 e. The van der Waals surface area contributed by atoms with Crippen LogP contribution < -0.4 is 5.32 Å². The van der Waals surface area contributed by atoms with E-state index in [1.54, 1.807) is 0 Å². The topological polar surface area (TPSA) is 24.9 Å². The average Bonchev–Trinajstić information content (AvgIpc) is 2.86. The van der Waals surface area contributed by atoms with Crippen LogP contribution in [0.25, 0.3) is 0 Å². The maximum Gasteiger partial charge on any atom is 0.0434 e. The molecule has 0 aromatic carbocycles. The molecule has 13 heavy (non-hydrogen) atoms. The molecule has 1 heterocycles. The van der Waals surface area contributed by atoms with Crippen molar-refractivity contribution in [1.82, 2.24) is 10.3 Å². The number of halogens is 2.